The summed E-state index contributed by atoms with van der Waals surface area (Å²) in [4.78, 5) is 14.3. The number of benzene rings is 2. The summed E-state index contributed by atoms with van der Waals surface area (Å²) in [5.41, 5.74) is 2.76. The van der Waals surface area contributed by atoms with Crippen molar-refractivity contribution in [1.29, 1.82) is 0 Å². The van der Waals surface area contributed by atoms with E-state index in [-0.39, 0.29) is 11.8 Å². The van der Waals surface area contributed by atoms with E-state index in [2.05, 4.69) is 30.5 Å². The van der Waals surface area contributed by atoms with Crippen LogP contribution < -0.4 is 19.8 Å². The number of rotatable bonds is 7. The van der Waals surface area contributed by atoms with Gasteiger partial charge < -0.3 is 20.5 Å². The number of H-pyrrole nitrogens is 1. The molecular formula is C25H28FN7O2S. The highest BCUT2D eigenvalue weighted by Crippen LogP contribution is 2.32. The number of halogens is 1. The van der Waals surface area contributed by atoms with Gasteiger partial charge in [0.2, 0.25) is 16.0 Å². The summed E-state index contributed by atoms with van der Waals surface area (Å²) in [6.07, 6.45) is 6.22. The molecule has 0 saturated carbocycles. The van der Waals surface area contributed by atoms with E-state index in [1.54, 1.807) is 30.5 Å². The summed E-state index contributed by atoms with van der Waals surface area (Å²) >= 11 is 0. The Morgan fingerprint density at radius 2 is 1.81 bits per heavy atom. The van der Waals surface area contributed by atoms with Crippen LogP contribution in [0, 0.1) is 5.82 Å². The van der Waals surface area contributed by atoms with E-state index in [9.17, 15) is 12.8 Å². The first-order valence-electron chi connectivity index (χ1n) is 11.8. The molecule has 3 N–H and O–H groups in total. The Labute approximate surface area is 209 Å². The van der Waals surface area contributed by atoms with Crippen LogP contribution >= 0.6 is 0 Å². The van der Waals surface area contributed by atoms with Crippen LogP contribution in [0.5, 0.6) is 0 Å². The minimum atomic E-state index is -3.46. The van der Waals surface area contributed by atoms with Crippen molar-refractivity contribution < 1.29 is 12.8 Å². The van der Waals surface area contributed by atoms with Crippen molar-refractivity contribution in [3.8, 4) is 0 Å². The molecule has 1 saturated heterocycles. The summed E-state index contributed by atoms with van der Waals surface area (Å²) in [7, 11) is -1.97. The molecule has 1 fully saturated rings. The van der Waals surface area contributed by atoms with Crippen molar-refractivity contribution in [3.05, 3.63) is 60.5 Å². The van der Waals surface area contributed by atoms with Crippen molar-refractivity contribution in [2.45, 2.75) is 19.3 Å². The third kappa shape index (κ3) is 4.92. The molecular weight excluding hydrogens is 481 g/mol. The topological polar surface area (TPSA) is 106 Å². The van der Waals surface area contributed by atoms with Gasteiger partial charge in [-0.1, -0.05) is 12.1 Å². The number of para-hydroxylation sites is 2. The number of anilines is 6. The second-order valence-corrected chi connectivity index (χ2v) is 10.9. The molecule has 0 radical (unpaired) electrons. The van der Waals surface area contributed by atoms with Gasteiger partial charge in [0, 0.05) is 32.0 Å². The van der Waals surface area contributed by atoms with Crippen molar-refractivity contribution in [1.82, 2.24) is 15.0 Å². The minimum absolute atomic E-state index is 0.270. The van der Waals surface area contributed by atoms with E-state index in [0.717, 1.165) is 37.6 Å². The number of sulfonamides is 1. The van der Waals surface area contributed by atoms with Gasteiger partial charge in [-0.25, -0.2) is 12.8 Å². The Morgan fingerprint density at radius 3 is 2.56 bits per heavy atom. The molecule has 1 aliphatic heterocycles. The fraction of sp³-hybridized carbons (Fsp3) is 0.280. The molecule has 4 aromatic rings. The van der Waals surface area contributed by atoms with Crippen molar-refractivity contribution in [3.63, 3.8) is 0 Å². The van der Waals surface area contributed by atoms with Crippen LogP contribution in [0.4, 0.5) is 38.9 Å². The third-order valence-electron chi connectivity index (χ3n) is 6.31. The molecule has 0 unspecified atom stereocenters. The van der Waals surface area contributed by atoms with E-state index in [0.29, 0.717) is 34.2 Å². The Kier molecular flexibility index (Phi) is 6.40. The summed E-state index contributed by atoms with van der Waals surface area (Å²) in [6, 6.07) is 14.0. The predicted molar refractivity (Wildman–Crippen MR) is 143 cm³/mol. The van der Waals surface area contributed by atoms with Gasteiger partial charge in [0.25, 0.3) is 0 Å². The molecule has 188 valence electrons. The number of aromatic nitrogens is 3. The predicted octanol–water partition coefficient (Wildman–Crippen LogP) is 4.97. The number of nitrogens with zero attached hydrogens (tertiary/aromatic N) is 4. The van der Waals surface area contributed by atoms with Gasteiger partial charge in [0.15, 0.2) is 0 Å². The lowest BCUT2D eigenvalue weighted by Crippen LogP contribution is -2.30. The molecule has 36 heavy (non-hydrogen) atoms. The lowest BCUT2D eigenvalue weighted by molar-refractivity contribution is 0.557. The van der Waals surface area contributed by atoms with Gasteiger partial charge in [-0.05, 0) is 55.7 Å². The largest absolute Gasteiger partial charge is 0.369 e. The highest BCUT2D eigenvalue weighted by atomic mass is 32.2. The van der Waals surface area contributed by atoms with E-state index >= 15 is 0 Å². The number of aromatic amines is 1. The molecule has 0 spiro atoms. The van der Waals surface area contributed by atoms with Crippen LogP contribution in [0.2, 0.25) is 0 Å². The zero-order valence-corrected chi connectivity index (χ0v) is 20.9. The number of piperidine rings is 1. The van der Waals surface area contributed by atoms with Crippen LogP contribution in [0.3, 0.4) is 0 Å². The average molecular weight is 510 g/mol. The number of hydrogen-bond acceptors (Lipinski definition) is 7. The van der Waals surface area contributed by atoms with Crippen LogP contribution in [0.15, 0.2) is 54.7 Å². The molecule has 5 rings (SSSR count). The Hall–Kier alpha value is -3.86. The minimum Gasteiger partial charge on any atom is -0.369 e. The Bertz CT molecular complexity index is 1500. The van der Waals surface area contributed by atoms with Gasteiger partial charge in [-0.15, -0.1) is 0 Å². The van der Waals surface area contributed by atoms with Gasteiger partial charge in [0.05, 0.1) is 28.7 Å². The van der Waals surface area contributed by atoms with Crippen LogP contribution in [0.25, 0.3) is 11.0 Å². The lowest BCUT2D eigenvalue weighted by atomic mass is 10.1. The van der Waals surface area contributed by atoms with Gasteiger partial charge in [-0.2, -0.15) is 9.97 Å². The second-order valence-electron chi connectivity index (χ2n) is 8.85. The molecule has 0 atom stereocenters. The maximum absolute atomic E-state index is 14.9. The zero-order chi connectivity index (χ0) is 25.3. The lowest BCUT2D eigenvalue weighted by Gasteiger charge is -2.29. The highest BCUT2D eigenvalue weighted by molar-refractivity contribution is 7.92. The van der Waals surface area contributed by atoms with E-state index < -0.39 is 10.0 Å². The first kappa shape index (κ1) is 23.9. The summed E-state index contributed by atoms with van der Waals surface area (Å²) < 4.78 is 40.4. The highest BCUT2D eigenvalue weighted by Gasteiger charge is 2.18. The van der Waals surface area contributed by atoms with E-state index in [4.69, 9.17) is 0 Å². The third-order valence-corrected chi connectivity index (χ3v) is 7.50. The van der Waals surface area contributed by atoms with Crippen molar-refractivity contribution in [2.75, 3.05) is 46.2 Å². The molecule has 0 bridgehead atoms. The van der Waals surface area contributed by atoms with Gasteiger partial charge in [-0.3, -0.25) is 4.31 Å². The molecule has 0 aliphatic carbocycles. The summed E-state index contributed by atoms with van der Waals surface area (Å²) in [6.45, 7) is 1.72. The molecule has 2 aromatic heterocycles. The fourth-order valence-electron chi connectivity index (χ4n) is 4.36. The first-order chi connectivity index (χ1) is 17.3. The molecule has 9 nitrogen and oxygen atoms in total. The summed E-state index contributed by atoms with van der Waals surface area (Å²) in [5, 5.41) is 7.07. The standard InChI is InChI=1S/C25H28FN7O2S/c1-32(36(2,34)35)22-9-5-4-8-20(22)29-24-18-12-13-27-23(18)30-25(31-24)28-17-10-11-21(19(26)16-17)33-14-6-3-7-15-33/h4-5,8-13,16H,3,6-7,14-15H2,1-2H3,(H3,27,28,29,30,31). The quantitative estimate of drug-likeness (QED) is 0.323. The molecule has 1 aliphatic rings. The smallest absolute Gasteiger partial charge is 0.232 e. The number of nitrogens with one attached hydrogen (secondary N) is 3. The maximum Gasteiger partial charge on any atom is 0.232 e. The van der Waals surface area contributed by atoms with E-state index in [1.807, 2.05) is 18.2 Å². The first-order valence-corrected chi connectivity index (χ1v) is 13.6. The maximum atomic E-state index is 14.9. The van der Waals surface area contributed by atoms with Crippen LogP contribution in [-0.2, 0) is 10.0 Å². The Balaban J connectivity index is 1.45. The molecule has 2 aromatic carbocycles. The normalized spacial score (nSPS) is 14.1. The molecule has 11 heteroatoms. The summed E-state index contributed by atoms with van der Waals surface area (Å²) in [5.74, 6) is 0.453. The number of hydrogen-bond donors (Lipinski definition) is 3. The van der Waals surface area contributed by atoms with Gasteiger partial charge >= 0.3 is 0 Å². The van der Waals surface area contributed by atoms with E-state index in [1.165, 1.54) is 23.8 Å². The zero-order valence-electron chi connectivity index (χ0n) is 20.1. The van der Waals surface area contributed by atoms with Crippen molar-refractivity contribution >= 4 is 55.6 Å². The van der Waals surface area contributed by atoms with Crippen molar-refractivity contribution in [2.24, 2.45) is 0 Å². The Morgan fingerprint density at radius 1 is 1.03 bits per heavy atom. The van der Waals surface area contributed by atoms with Crippen LogP contribution in [-0.4, -0.2) is 49.8 Å². The fourth-order valence-corrected chi connectivity index (χ4v) is 4.87. The number of fused-ring (bicyclic) bond motifs is 1. The monoisotopic (exact) mass is 509 g/mol. The second kappa shape index (κ2) is 9.65. The van der Waals surface area contributed by atoms with Gasteiger partial charge in [0.1, 0.15) is 17.3 Å². The molecule has 0 amide bonds. The van der Waals surface area contributed by atoms with Crippen LogP contribution in [0.1, 0.15) is 19.3 Å². The SMILES string of the molecule is CN(c1ccccc1Nc1nc(Nc2ccc(N3CCCCC3)c(F)c2)nc2[nH]ccc12)S(C)(=O)=O. The molecule has 3 heterocycles. The average Bonchev–Trinajstić information content (AvgIpc) is 3.33.